The molecule has 2 aromatic heterocycles. The van der Waals surface area contributed by atoms with E-state index in [1.807, 2.05) is 19.1 Å². The molecule has 0 amide bonds. The first-order valence-electron chi connectivity index (χ1n) is 13.2. The first-order valence-corrected chi connectivity index (χ1v) is 14.2. The maximum Gasteiger partial charge on any atom is 0.232 e. The molecule has 3 aromatic rings. The van der Waals surface area contributed by atoms with Crippen molar-refractivity contribution >= 4 is 23.3 Å². The van der Waals surface area contributed by atoms with Crippen molar-refractivity contribution in [3.8, 4) is 17.2 Å². The summed E-state index contributed by atoms with van der Waals surface area (Å²) in [4.78, 5) is 17.9. The van der Waals surface area contributed by atoms with Crippen LogP contribution >= 0.6 is 11.8 Å². The zero-order chi connectivity index (χ0) is 25.6. The molecule has 0 N–H and O–H groups in total. The lowest BCUT2D eigenvalue weighted by molar-refractivity contribution is 0.207. The average Bonchev–Trinajstić information content (AvgIpc) is 3.51. The molecule has 0 atom stereocenters. The summed E-state index contributed by atoms with van der Waals surface area (Å²) in [6, 6.07) is 15.5. The molecule has 5 rings (SSSR count). The van der Waals surface area contributed by atoms with Gasteiger partial charge in [0, 0.05) is 37.3 Å². The molecule has 4 heterocycles. The van der Waals surface area contributed by atoms with Crippen molar-refractivity contribution in [1.82, 2.24) is 14.9 Å². The molecule has 6 nitrogen and oxygen atoms in total. The van der Waals surface area contributed by atoms with E-state index in [0.717, 1.165) is 59.2 Å². The highest BCUT2D eigenvalue weighted by molar-refractivity contribution is 7.98. The van der Waals surface area contributed by atoms with E-state index in [-0.39, 0.29) is 0 Å². The lowest BCUT2D eigenvalue weighted by atomic mass is 10.0. The van der Waals surface area contributed by atoms with Crippen LogP contribution in [0.15, 0.2) is 53.8 Å². The van der Waals surface area contributed by atoms with Crippen molar-refractivity contribution in [3.05, 3.63) is 76.9 Å². The summed E-state index contributed by atoms with van der Waals surface area (Å²) in [7, 11) is 0. The number of benzene rings is 1. The van der Waals surface area contributed by atoms with Crippen molar-refractivity contribution < 1.29 is 0 Å². The highest BCUT2D eigenvalue weighted by atomic mass is 32.2. The fourth-order valence-electron chi connectivity index (χ4n) is 5.53. The number of piperidine rings is 1. The van der Waals surface area contributed by atoms with Crippen molar-refractivity contribution in [3.63, 3.8) is 0 Å². The molecule has 0 saturated carbocycles. The lowest BCUT2D eigenvalue weighted by Crippen LogP contribution is -2.44. The van der Waals surface area contributed by atoms with Gasteiger partial charge in [0.1, 0.15) is 16.9 Å². The van der Waals surface area contributed by atoms with E-state index in [0.29, 0.717) is 23.7 Å². The van der Waals surface area contributed by atoms with Gasteiger partial charge in [-0.1, -0.05) is 31.2 Å². The Bertz CT molecular complexity index is 1300. The number of nitriles is 1. The molecule has 0 aliphatic carbocycles. The molecule has 2 aliphatic rings. The van der Waals surface area contributed by atoms with Crippen molar-refractivity contribution in [2.45, 2.75) is 55.8 Å². The van der Waals surface area contributed by atoms with E-state index >= 15 is 0 Å². The summed E-state index contributed by atoms with van der Waals surface area (Å²) in [5.74, 6) is 1.48. The van der Waals surface area contributed by atoms with E-state index in [1.165, 1.54) is 31.5 Å². The molecule has 0 radical (unpaired) electrons. The van der Waals surface area contributed by atoms with E-state index in [9.17, 15) is 5.26 Å². The Labute approximate surface area is 224 Å². The first-order chi connectivity index (χ1) is 18.2. The molecular weight excluding hydrogens is 476 g/mol. The summed E-state index contributed by atoms with van der Waals surface area (Å²) in [6.07, 6.45) is 9.09. The molecule has 2 saturated heterocycles. The topological polar surface area (TPSA) is 60.4 Å². The van der Waals surface area contributed by atoms with Crippen LogP contribution in [0.2, 0.25) is 0 Å². The summed E-state index contributed by atoms with van der Waals surface area (Å²) in [6.45, 7) is 14.2. The largest absolute Gasteiger partial charge is 0.365 e. The lowest BCUT2D eigenvalue weighted by Gasteiger charge is -2.38. The van der Waals surface area contributed by atoms with Gasteiger partial charge in [0.15, 0.2) is 0 Å². The Kier molecular flexibility index (Phi) is 8.04. The van der Waals surface area contributed by atoms with Gasteiger partial charge in [-0.25, -0.2) is 9.83 Å². The Hall–Kier alpha value is -3.39. The van der Waals surface area contributed by atoms with E-state index in [4.69, 9.17) is 11.6 Å². The molecule has 0 unspecified atom stereocenters. The third-order valence-electron chi connectivity index (χ3n) is 7.56. The van der Waals surface area contributed by atoms with Gasteiger partial charge in [-0.2, -0.15) is 5.26 Å². The van der Waals surface area contributed by atoms with Crippen LogP contribution in [-0.2, 0) is 12.2 Å². The van der Waals surface area contributed by atoms with Crippen LogP contribution in [0.5, 0.6) is 0 Å². The van der Waals surface area contributed by atoms with Crippen LogP contribution in [-0.4, -0.2) is 47.1 Å². The van der Waals surface area contributed by atoms with E-state index < -0.39 is 0 Å². The summed E-state index contributed by atoms with van der Waals surface area (Å²) >= 11 is 1.59. The molecular formula is C30H32N6S. The molecule has 2 aliphatic heterocycles. The number of hydrogen-bond donors (Lipinski definition) is 0. The van der Waals surface area contributed by atoms with Crippen molar-refractivity contribution in [2.75, 3.05) is 31.1 Å². The second-order valence-corrected chi connectivity index (χ2v) is 10.7. The fraction of sp³-hybridized carbons (Fsp3) is 0.400. The van der Waals surface area contributed by atoms with Gasteiger partial charge in [0.2, 0.25) is 5.69 Å². The maximum absolute atomic E-state index is 10.0. The molecule has 2 fully saturated rings. The predicted molar refractivity (Wildman–Crippen MR) is 150 cm³/mol. The highest BCUT2D eigenvalue weighted by Crippen LogP contribution is 2.40. The maximum atomic E-state index is 10.0. The average molecular weight is 509 g/mol. The molecule has 0 bridgehead atoms. The van der Waals surface area contributed by atoms with Gasteiger partial charge in [-0.05, 0) is 79.6 Å². The van der Waals surface area contributed by atoms with Crippen LogP contribution in [0.25, 0.3) is 16.0 Å². The van der Waals surface area contributed by atoms with Gasteiger partial charge >= 0.3 is 0 Å². The Morgan fingerprint density at radius 1 is 1.03 bits per heavy atom. The van der Waals surface area contributed by atoms with E-state index in [2.05, 4.69) is 50.0 Å². The number of pyridine rings is 2. The second kappa shape index (κ2) is 11.8. The summed E-state index contributed by atoms with van der Waals surface area (Å²) in [5, 5.41) is 10.8. The minimum atomic E-state index is 0.558. The minimum Gasteiger partial charge on any atom is -0.365 e. The monoisotopic (exact) mass is 508 g/mol. The predicted octanol–water partition coefficient (Wildman–Crippen LogP) is 6.49. The Morgan fingerprint density at radius 3 is 2.32 bits per heavy atom. The van der Waals surface area contributed by atoms with Gasteiger partial charge in [0.25, 0.3) is 0 Å². The number of nitrogens with zero attached hydrogens (tertiary/aromatic N) is 6. The summed E-state index contributed by atoms with van der Waals surface area (Å²) in [5.41, 5.74) is 5.42. The standard InChI is InChI=1S/C30H32N6S/c1-3-26-27(20-31)30(37-21-22-6-8-23(9-7-22)24-10-14-33-15-11-24)34-29(28(26)32-2)36-18-12-25(13-19-36)35-16-4-5-17-35/h6-11,14-15,25H,3-5,12-13,16-19,21H2,1H3. The molecule has 1 aromatic carbocycles. The van der Waals surface area contributed by atoms with Gasteiger partial charge in [-0.3, -0.25) is 4.98 Å². The smallest absolute Gasteiger partial charge is 0.232 e. The normalized spacial score (nSPS) is 16.5. The van der Waals surface area contributed by atoms with Crippen LogP contribution in [0.3, 0.4) is 0 Å². The molecule has 7 heteroatoms. The number of anilines is 1. The van der Waals surface area contributed by atoms with Crippen LogP contribution in [0.4, 0.5) is 11.5 Å². The van der Waals surface area contributed by atoms with Gasteiger partial charge in [0.05, 0.1) is 12.1 Å². The van der Waals surface area contributed by atoms with Gasteiger partial charge in [-0.15, -0.1) is 11.8 Å². The van der Waals surface area contributed by atoms with Crippen LogP contribution in [0, 0.1) is 17.9 Å². The summed E-state index contributed by atoms with van der Waals surface area (Å²) < 4.78 is 0. The Morgan fingerprint density at radius 2 is 1.70 bits per heavy atom. The van der Waals surface area contributed by atoms with Crippen LogP contribution in [0.1, 0.15) is 49.3 Å². The fourth-order valence-corrected chi connectivity index (χ4v) is 6.49. The third-order valence-corrected chi connectivity index (χ3v) is 8.61. The molecule has 0 spiro atoms. The number of likely N-dealkylation sites (tertiary alicyclic amines) is 1. The minimum absolute atomic E-state index is 0.558. The number of thioether (sulfide) groups is 1. The zero-order valence-corrected chi connectivity index (χ0v) is 22.2. The zero-order valence-electron chi connectivity index (χ0n) is 21.4. The second-order valence-electron chi connectivity index (χ2n) is 9.70. The number of rotatable bonds is 7. The Balaban J connectivity index is 1.36. The quantitative estimate of drug-likeness (QED) is 0.269. The highest BCUT2D eigenvalue weighted by Gasteiger charge is 2.29. The van der Waals surface area contributed by atoms with Crippen LogP contribution < -0.4 is 4.90 Å². The van der Waals surface area contributed by atoms with Crippen molar-refractivity contribution in [2.24, 2.45) is 0 Å². The molecule has 188 valence electrons. The third kappa shape index (κ3) is 5.49. The SMILES string of the molecule is [C-]#[N+]c1c(N2CCC(N3CCCC3)CC2)nc(SCc2ccc(-c3ccncc3)cc2)c(C#N)c1CC. The van der Waals surface area contributed by atoms with E-state index in [1.54, 1.807) is 24.2 Å². The molecule has 37 heavy (non-hydrogen) atoms. The van der Waals surface area contributed by atoms with Gasteiger partial charge < -0.3 is 9.80 Å². The number of hydrogen-bond acceptors (Lipinski definition) is 6. The first kappa shape index (κ1) is 25.3. The van der Waals surface area contributed by atoms with Crippen molar-refractivity contribution in [1.29, 1.82) is 5.26 Å². The number of aromatic nitrogens is 2.